The van der Waals surface area contributed by atoms with Crippen molar-refractivity contribution >= 4 is 11.0 Å². The molecule has 3 aromatic rings. The highest BCUT2D eigenvalue weighted by Crippen LogP contribution is 2.26. The van der Waals surface area contributed by atoms with Crippen LogP contribution in [0.1, 0.15) is 25.8 Å². The molecule has 6 nitrogen and oxygen atoms in total. The number of benzene rings is 1. The lowest BCUT2D eigenvalue weighted by Gasteiger charge is -2.05. The monoisotopic (exact) mass is 269 g/mol. The molecule has 2 aromatic heterocycles. The van der Waals surface area contributed by atoms with Gasteiger partial charge in [0.2, 0.25) is 11.8 Å². The SMILES string of the molecule is CCNC(C)c1nnc(-c2cccc3nccnc23)o1. The van der Waals surface area contributed by atoms with Gasteiger partial charge in [0.05, 0.1) is 17.1 Å². The van der Waals surface area contributed by atoms with Crippen molar-refractivity contribution in [2.75, 3.05) is 6.54 Å². The van der Waals surface area contributed by atoms with E-state index in [0.29, 0.717) is 11.8 Å². The Balaban J connectivity index is 2.03. The third kappa shape index (κ3) is 2.25. The van der Waals surface area contributed by atoms with Crippen LogP contribution in [0.5, 0.6) is 0 Å². The standard InChI is InChI=1S/C14H15N5O/c1-3-15-9(2)13-18-19-14(20-13)10-5-4-6-11-12(10)17-8-7-16-11/h4-9,15H,3H2,1-2H3. The number of aromatic nitrogens is 4. The van der Waals surface area contributed by atoms with Gasteiger partial charge in [-0.3, -0.25) is 9.97 Å². The highest BCUT2D eigenvalue weighted by molar-refractivity contribution is 5.88. The zero-order chi connectivity index (χ0) is 13.9. The Morgan fingerprint density at radius 3 is 2.90 bits per heavy atom. The summed E-state index contributed by atoms with van der Waals surface area (Å²) in [6, 6.07) is 5.75. The summed E-state index contributed by atoms with van der Waals surface area (Å²) in [7, 11) is 0. The largest absolute Gasteiger partial charge is 0.419 e. The van der Waals surface area contributed by atoms with Crippen LogP contribution in [-0.4, -0.2) is 26.7 Å². The second kappa shape index (κ2) is 5.34. The van der Waals surface area contributed by atoms with Crippen molar-refractivity contribution in [1.29, 1.82) is 0 Å². The average Bonchev–Trinajstić information content (AvgIpc) is 2.97. The molecule has 102 valence electrons. The summed E-state index contributed by atoms with van der Waals surface area (Å²) in [6.45, 7) is 4.87. The van der Waals surface area contributed by atoms with Gasteiger partial charge < -0.3 is 9.73 Å². The molecule has 3 rings (SSSR count). The molecule has 0 aliphatic rings. The van der Waals surface area contributed by atoms with Crippen molar-refractivity contribution in [3.8, 4) is 11.5 Å². The first-order valence-electron chi connectivity index (χ1n) is 6.56. The van der Waals surface area contributed by atoms with Crippen LogP contribution >= 0.6 is 0 Å². The predicted molar refractivity (Wildman–Crippen MR) is 74.9 cm³/mol. The fraction of sp³-hybridized carbons (Fsp3) is 0.286. The van der Waals surface area contributed by atoms with Gasteiger partial charge in [0.1, 0.15) is 5.52 Å². The summed E-state index contributed by atoms with van der Waals surface area (Å²) in [5.74, 6) is 1.04. The van der Waals surface area contributed by atoms with E-state index in [1.165, 1.54) is 0 Å². The highest BCUT2D eigenvalue weighted by Gasteiger charge is 2.16. The zero-order valence-corrected chi connectivity index (χ0v) is 11.4. The number of fused-ring (bicyclic) bond motifs is 1. The first kappa shape index (κ1) is 12.7. The molecule has 1 unspecified atom stereocenters. The number of rotatable bonds is 4. The molecule has 0 saturated carbocycles. The van der Waals surface area contributed by atoms with Crippen LogP contribution in [0, 0.1) is 0 Å². The minimum Gasteiger partial charge on any atom is -0.419 e. The van der Waals surface area contributed by atoms with Crippen molar-refractivity contribution in [3.63, 3.8) is 0 Å². The van der Waals surface area contributed by atoms with E-state index in [1.54, 1.807) is 12.4 Å². The molecule has 0 amide bonds. The molecule has 1 atom stereocenters. The molecular weight excluding hydrogens is 254 g/mol. The molecule has 0 radical (unpaired) electrons. The molecule has 0 fully saturated rings. The zero-order valence-electron chi connectivity index (χ0n) is 11.4. The minimum atomic E-state index is 0.0299. The van der Waals surface area contributed by atoms with E-state index in [0.717, 1.165) is 23.1 Å². The van der Waals surface area contributed by atoms with E-state index in [2.05, 4.69) is 25.5 Å². The molecule has 1 N–H and O–H groups in total. The molecule has 6 heteroatoms. The number of hydrogen-bond donors (Lipinski definition) is 1. The van der Waals surface area contributed by atoms with Crippen molar-refractivity contribution in [2.24, 2.45) is 0 Å². The van der Waals surface area contributed by atoms with E-state index >= 15 is 0 Å². The van der Waals surface area contributed by atoms with Gasteiger partial charge in [-0.05, 0) is 25.6 Å². The Bertz CT molecular complexity index is 719. The lowest BCUT2D eigenvalue weighted by atomic mass is 10.2. The second-order valence-corrected chi connectivity index (χ2v) is 4.45. The van der Waals surface area contributed by atoms with Crippen LogP contribution in [0.2, 0.25) is 0 Å². The Hall–Kier alpha value is -2.34. The summed E-state index contributed by atoms with van der Waals surface area (Å²) >= 11 is 0. The molecule has 0 bridgehead atoms. The van der Waals surface area contributed by atoms with Crippen LogP contribution in [0.25, 0.3) is 22.5 Å². The Labute approximate surface area is 116 Å². The smallest absolute Gasteiger partial charge is 0.250 e. The number of para-hydroxylation sites is 1. The maximum absolute atomic E-state index is 5.74. The van der Waals surface area contributed by atoms with E-state index in [1.807, 2.05) is 32.0 Å². The quantitative estimate of drug-likeness (QED) is 0.783. The van der Waals surface area contributed by atoms with Gasteiger partial charge in [0.15, 0.2) is 0 Å². The van der Waals surface area contributed by atoms with E-state index < -0.39 is 0 Å². The van der Waals surface area contributed by atoms with Crippen molar-refractivity contribution in [3.05, 3.63) is 36.5 Å². The molecule has 0 aliphatic carbocycles. The van der Waals surface area contributed by atoms with E-state index in [-0.39, 0.29) is 6.04 Å². The Morgan fingerprint density at radius 1 is 1.20 bits per heavy atom. The van der Waals surface area contributed by atoms with Crippen molar-refractivity contribution in [2.45, 2.75) is 19.9 Å². The molecular formula is C14H15N5O. The van der Waals surface area contributed by atoms with Crippen LogP contribution < -0.4 is 5.32 Å². The Morgan fingerprint density at radius 2 is 2.05 bits per heavy atom. The lowest BCUT2D eigenvalue weighted by Crippen LogP contribution is -2.17. The predicted octanol–water partition coefficient (Wildman–Crippen LogP) is 2.35. The lowest BCUT2D eigenvalue weighted by molar-refractivity contribution is 0.429. The molecule has 0 aliphatic heterocycles. The van der Waals surface area contributed by atoms with E-state index in [9.17, 15) is 0 Å². The first-order chi connectivity index (χ1) is 9.79. The van der Waals surface area contributed by atoms with Crippen molar-refractivity contribution < 1.29 is 4.42 Å². The van der Waals surface area contributed by atoms with E-state index in [4.69, 9.17) is 4.42 Å². The fourth-order valence-electron chi connectivity index (χ4n) is 2.08. The maximum atomic E-state index is 5.74. The minimum absolute atomic E-state index is 0.0299. The normalized spacial score (nSPS) is 12.7. The third-order valence-electron chi connectivity index (χ3n) is 3.05. The average molecular weight is 269 g/mol. The maximum Gasteiger partial charge on any atom is 0.250 e. The van der Waals surface area contributed by atoms with Gasteiger partial charge in [-0.15, -0.1) is 10.2 Å². The number of hydrogen-bond acceptors (Lipinski definition) is 6. The summed E-state index contributed by atoms with van der Waals surface area (Å²) in [5.41, 5.74) is 2.38. The third-order valence-corrected chi connectivity index (χ3v) is 3.05. The summed E-state index contributed by atoms with van der Waals surface area (Å²) in [5, 5.41) is 11.4. The molecule has 1 aromatic carbocycles. The summed E-state index contributed by atoms with van der Waals surface area (Å²) in [4.78, 5) is 8.62. The van der Waals surface area contributed by atoms with Crippen LogP contribution in [0.4, 0.5) is 0 Å². The van der Waals surface area contributed by atoms with Crippen LogP contribution in [0.15, 0.2) is 35.0 Å². The molecule has 0 saturated heterocycles. The molecule has 20 heavy (non-hydrogen) atoms. The van der Waals surface area contributed by atoms with Gasteiger partial charge in [0.25, 0.3) is 0 Å². The van der Waals surface area contributed by atoms with Crippen molar-refractivity contribution in [1.82, 2.24) is 25.5 Å². The number of nitrogens with one attached hydrogen (secondary N) is 1. The fourth-order valence-corrected chi connectivity index (χ4v) is 2.08. The van der Waals surface area contributed by atoms with Gasteiger partial charge in [0, 0.05) is 12.4 Å². The molecule has 0 spiro atoms. The van der Waals surface area contributed by atoms with Gasteiger partial charge in [-0.2, -0.15) is 0 Å². The van der Waals surface area contributed by atoms with Crippen LogP contribution in [0.3, 0.4) is 0 Å². The Kier molecular flexibility index (Phi) is 3.39. The van der Waals surface area contributed by atoms with Crippen LogP contribution in [-0.2, 0) is 0 Å². The number of nitrogens with zero attached hydrogens (tertiary/aromatic N) is 4. The van der Waals surface area contributed by atoms with Gasteiger partial charge >= 0.3 is 0 Å². The van der Waals surface area contributed by atoms with Gasteiger partial charge in [-0.25, -0.2) is 0 Å². The highest BCUT2D eigenvalue weighted by atomic mass is 16.4. The van der Waals surface area contributed by atoms with Gasteiger partial charge in [-0.1, -0.05) is 13.0 Å². The molecule has 2 heterocycles. The topological polar surface area (TPSA) is 76.7 Å². The summed E-state index contributed by atoms with van der Waals surface area (Å²) < 4.78 is 5.74. The first-order valence-corrected chi connectivity index (χ1v) is 6.56. The summed E-state index contributed by atoms with van der Waals surface area (Å²) in [6.07, 6.45) is 3.32. The second-order valence-electron chi connectivity index (χ2n) is 4.45.